The molecule has 4 nitrogen and oxygen atoms in total. The van der Waals surface area contributed by atoms with Gasteiger partial charge in [0.1, 0.15) is 11.3 Å². The molecule has 1 fully saturated rings. The first-order valence-electron chi connectivity index (χ1n) is 5.68. The number of imidazole rings is 1. The van der Waals surface area contributed by atoms with E-state index >= 15 is 0 Å². The molecule has 2 aromatic heterocycles. The summed E-state index contributed by atoms with van der Waals surface area (Å²) in [7, 11) is 0. The number of aryl methyl sites for hydroxylation is 1. The standard InChI is InChI=1S/C12H11ClN4/c13-9-6-10-12(15-7-9)17(5-1-4-14)11(16-10)8-2-3-8/h6-8H,1-3,5H2. The van der Waals surface area contributed by atoms with E-state index in [1.807, 2.05) is 6.07 Å². The molecule has 1 aliphatic rings. The van der Waals surface area contributed by atoms with Crippen molar-refractivity contribution in [3.05, 3.63) is 23.1 Å². The molecule has 0 bridgehead atoms. The summed E-state index contributed by atoms with van der Waals surface area (Å²) in [6, 6.07) is 4.00. The Balaban J connectivity index is 2.13. The van der Waals surface area contributed by atoms with E-state index in [1.54, 1.807) is 6.20 Å². The monoisotopic (exact) mass is 246 g/mol. The normalized spacial score (nSPS) is 15.1. The Morgan fingerprint density at radius 3 is 3.06 bits per heavy atom. The SMILES string of the molecule is N#CCCn1c(C2CC2)nc2cc(Cl)cnc21. The van der Waals surface area contributed by atoms with E-state index in [2.05, 4.69) is 20.6 Å². The molecule has 0 amide bonds. The number of rotatable bonds is 3. The number of aromatic nitrogens is 3. The van der Waals surface area contributed by atoms with Gasteiger partial charge in [-0.1, -0.05) is 11.6 Å². The minimum atomic E-state index is 0.482. The van der Waals surface area contributed by atoms with Crippen LogP contribution >= 0.6 is 11.6 Å². The van der Waals surface area contributed by atoms with E-state index in [0.717, 1.165) is 17.0 Å². The first-order chi connectivity index (χ1) is 8.29. The zero-order chi connectivity index (χ0) is 11.8. The van der Waals surface area contributed by atoms with Gasteiger partial charge in [-0.05, 0) is 18.9 Å². The van der Waals surface area contributed by atoms with Crippen molar-refractivity contribution in [1.29, 1.82) is 5.26 Å². The molecule has 5 heteroatoms. The molecular weight excluding hydrogens is 236 g/mol. The van der Waals surface area contributed by atoms with Gasteiger partial charge < -0.3 is 4.57 Å². The molecule has 1 saturated carbocycles. The summed E-state index contributed by atoms with van der Waals surface area (Å²) in [6.45, 7) is 0.660. The topological polar surface area (TPSA) is 54.5 Å². The molecule has 0 N–H and O–H groups in total. The van der Waals surface area contributed by atoms with Crippen molar-refractivity contribution in [1.82, 2.24) is 14.5 Å². The smallest absolute Gasteiger partial charge is 0.160 e. The second-order valence-corrected chi connectivity index (χ2v) is 4.74. The second kappa shape index (κ2) is 4.01. The highest BCUT2D eigenvalue weighted by molar-refractivity contribution is 6.31. The molecule has 17 heavy (non-hydrogen) atoms. The summed E-state index contributed by atoms with van der Waals surface area (Å²) in [4.78, 5) is 8.92. The molecule has 0 saturated heterocycles. The third-order valence-electron chi connectivity index (χ3n) is 2.97. The quantitative estimate of drug-likeness (QED) is 0.837. The molecule has 0 unspecified atom stereocenters. The van der Waals surface area contributed by atoms with Crippen molar-refractivity contribution in [2.45, 2.75) is 31.7 Å². The van der Waals surface area contributed by atoms with Crippen LogP contribution in [0.25, 0.3) is 11.2 Å². The van der Waals surface area contributed by atoms with Crippen LogP contribution in [-0.2, 0) is 6.54 Å². The minimum Gasteiger partial charge on any atom is -0.311 e. The van der Waals surface area contributed by atoms with Gasteiger partial charge in [-0.15, -0.1) is 0 Å². The molecule has 3 rings (SSSR count). The Morgan fingerprint density at radius 2 is 2.35 bits per heavy atom. The predicted molar refractivity (Wildman–Crippen MR) is 64.7 cm³/mol. The lowest BCUT2D eigenvalue weighted by molar-refractivity contribution is 0.679. The maximum atomic E-state index is 8.70. The number of fused-ring (bicyclic) bond motifs is 1. The fraction of sp³-hybridized carbons (Fsp3) is 0.417. The van der Waals surface area contributed by atoms with Gasteiger partial charge in [0.2, 0.25) is 0 Å². The van der Waals surface area contributed by atoms with E-state index in [-0.39, 0.29) is 0 Å². The van der Waals surface area contributed by atoms with E-state index in [1.165, 1.54) is 12.8 Å². The third-order valence-corrected chi connectivity index (χ3v) is 3.18. The molecule has 2 aromatic rings. The van der Waals surface area contributed by atoms with Crippen LogP contribution in [-0.4, -0.2) is 14.5 Å². The zero-order valence-electron chi connectivity index (χ0n) is 9.23. The average molecular weight is 247 g/mol. The van der Waals surface area contributed by atoms with E-state index in [0.29, 0.717) is 23.9 Å². The second-order valence-electron chi connectivity index (χ2n) is 4.30. The molecule has 86 valence electrons. The van der Waals surface area contributed by atoms with Crippen LogP contribution in [0.15, 0.2) is 12.3 Å². The molecular formula is C12H11ClN4. The fourth-order valence-electron chi connectivity index (χ4n) is 2.04. The van der Waals surface area contributed by atoms with Crippen LogP contribution in [0, 0.1) is 11.3 Å². The van der Waals surface area contributed by atoms with Crippen LogP contribution < -0.4 is 0 Å². The largest absolute Gasteiger partial charge is 0.311 e. The first kappa shape index (κ1) is 10.5. The van der Waals surface area contributed by atoms with Crippen molar-refractivity contribution in [3.63, 3.8) is 0 Å². The molecule has 2 heterocycles. The molecule has 0 aliphatic heterocycles. The highest BCUT2D eigenvalue weighted by Gasteiger charge is 2.29. The summed E-state index contributed by atoms with van der Waals surface area (Å²) in [5.74, 6) is 1.60. The van der Waals surface area contributed by atoms with Crippen molar-refractivity contribution in [2.24, 2.45) is 0 Å². The Bertz CT molecular complexity index is 607. The predicted octanol–water partition coefficient (Wildman–Crippen LogP) is 2.88. The van der Waals surface area contributed by atoms with Gasteiger partial charge in [-0.3, -0.25) is 0 Å². The number of halogens is 1. The Labute approximate surface area is 104 Å². The van der Waals surface area contributed by atoms with E-state index in [9.17, 15) is 0 Å². The van der Waals surface area contributed by atoms with Gasteiger partial charge in [0, 0.05) is 18.7 Å². The fourth-order valence-corrected chi connectivity index (χ4v) is 2.19. The number of hydrogen-bond donors (Lipinski definition) is 0. The Hall–Kier alpha value is -1.60. The number of hydrogen-bond acceptors (Lipinski definition) is 3. The molecule has 0 radical (unpaired) electrons. The van der Waals surface area contributed by atoms with Crippen LogP contribution in [0.1, 0.15) is 31.0 Å². The van der Waals surface area contributed by atoms with Gasteiger partial charge >= 0.3 is 0 Å². The van der Waals surface area contributed by atoms with Crippen molar-refractivity contribution >= 4 is 22.8 Å². The molecule has 0 atom stereocenters. The van der Waals surface area contributed by atoms with E-state index < -0.39 is 0 Å². The number of nitrogens with zero attached hydrogens (tertiary/aromatic N) is 4. The van der Waals surface area contributed by atoms with Crippen LogP contribution in [0.5, 0.6) is 0 Å². The number of pyridine rings is 1. The Kier molecular flexibility index (Phi) is 2.49. The van der Waals surface area contributed by atoms with Gasteiger partial charge in [-0.2, -0.15) is 5.26 Å². The highest BCUT2D eigenvalue weighted by Crippen LogP contribution is 2.40. The molecule has 0 spiro atoms. The van der Waals surface area contributed by atoms with Crippen LogP contribution in [0.4, 0.5) is 0 Å². The zero-order valence-corrected chi connectivity index (χ0v) is 9.98. The van der Waals surface area contributed by atoms with Gasteiger partial charge in [0.05, 0.1) is 17.5 Å². The maximum absolute atomic E-state index is 8.70. The minimum absolute atomic E-state index is 0.482. The summed E-state index contributed by atoms with van der Waals surface area (Å²) >= 11 is 5.92. The van der Waals surface area contributed by atoms with Crippen molar-refractivity contribution < 1.29 is 0 Å². The van der Waals surface area contributed by atoms with Crippen LogP contribution in [0.3, 0.4) is 0 Å². The average Bonchev–Trinajstić information content (AvgIpc) is 3.09. The van der Waals surface area contributed by atoms with Gasteiger partial charge in [0.15, 0.2) is 5.65 Å². The van der Waals surface area contributed by atoms with E-state index in [4.69, 9.17) is 16.9 Å². The lowest BCUT2D eigenvalue weighted by atomic mass is 10.3. The summed E-state index contributed by atoms with van der Waals surface area (Å²) in [6.07, 6.45) is 4.48. The maximum Gasteiger partial charge on any atom is 0.160 e. The van der Waals surface area contributed by atoms with Gasteiger partial charge in [-0.25, -0.2) is 9.97 Å². The lowest BCUT2D eigenvalue weighted by Crippen LogP contribution is -2.03. The van der Waals surface area contributed by atoms with Crippen LogP contribution in [0.2, 0.25) is 5.02 Å². The molecule has 1 aliphatic carbocycles. The summed E-state index contributed by atoms with van der Waals surface area (Å²) < 4.78 is 2.06. The van der Waals surface area contributed by atoms with Crippen molar-refractivity contribution in [3.8, 4) is 6.07 Å². The van der Waals surface area contributed by atoms with Crippen molar-refractivity contribution in [2.75, 3.05) is 0 Å². The Morgan fingerprint density at radius 1 is 1.53 bits per heavy atom. The highest BCUT2D eigenvalue weighted by atomic mass is 35.5. The molecule has 0 aromatic carbocycles. The lowest BCUT2D eigenvalue weighted by Gasteiger charge is -2.04. The summed E-state index contributed by atoms with van der Waals surface area (Å²) in [5, 5.41) is 9.30. The van der Waals surface area contributed by atoms with Gasteiger partial charge in [0.25, 0.3) is 0 Å². The summed E-state index contributed by atoms with van der Waals surface area (Å²) in [5.41, 5.74) is 1.67. The third kappa shape index (κ3) is 1.87. The number of nitriles is 1. The first-order valence-corrected chi connectivity index (χ1v) is 6.06.